The molecule has 1 atom stereocenters. The van der Waals surface area contributed by atoms with Crippen molar-refractivity contribution in [2.24, 2.45) is 0 Å². The first-order valence-electron chi connectivity index (χ1n) is 8.93. The number of carbonyl (C=O) groups excluding carboxylic acids is 1. The van der Waals surface area contributed by atoms with Gasteiger partial charge >= 0.3 is 0 Å². The van der Waals surface area contributed by atoms with Crippen LogP contribution in [0.15, 0.2) is 42.2 Å². The third-order valence-electron chi connectivity index (χ3n) is 5.44. The van der Waals surface area contributed by atoms with Crippen LogP contribution >= 0.6 is 0 Å². The molecule has 0 bridgehead atoms. The van der Waals surface area contributed by atoms with Gasteiger partial charge in [-0.2, -0.15) is 0 Å². The largest absolute Gasteiger partial charge is 0.464 e. The molecule has 1 spiro atoms. The third kappa shape index (κ3) is 3.10. The number of piperidine rings is 1. The van der Waals surface area contributed by atoms with Gasteiger partial charge in [0.1, 0.15) is 5.75 Å². The van der Waals surface area contributed by atoms with Gasteiger partial charge in [-0.15, -0.1) is 0 Å². The summed E-state index contributed by atoms with van der Waals surface area (Å²) in [6.45, 7) is 1.90. The highest BCUT2D eigenvalue weighted by Gasteiger charge is 2.44. The van der Waals surface area contributed by atoms with Crippen molar-refractivity contribution in [2.75, 3.05) is 19.7 Å². The number of hydrogen-bond acceptors (Lipinski definition) is 4. The van der Waals surface area contributed by atoms with E-state index in [2.05, 4.69) is 0 Å². The van der Waals surface area contributed by atoms with E-state index in [0.29, 0.717) is 38.1 Å². The summed E-state index contributed by atoms with van der Waals surface area (Å²) in [4.78, 5) is 14.8. The van der Waals surface area contributed by atoms with Crippen LogP contribution in [0.4, 0.5) is 0 Å². The van der Waals surface area contributed by atoms with Crippen LogP contribution in [0.3, 0.4) is 0 Å². The van der Waals surface area contributed by atoms with Gasteiger partial charge in [0.05, 0.1) is 18.0 Å². The van der Waals surface area contributed by atoms with E-state index in [1.54, 1.807) is 12.3 Å². The fourth-order valence-corrected chi connectivity index (χ4v) is 3.90. The molecule has 1 aromatic rings. The summed E-state index contributed by atoms with van der Waals surface area (Å²) >= 11 is 0. The summed E-state index contributed by atoms with van der Waals surface area (Å²) < 4.78 is 11.5. The Balaban J connectivity index is 1.48. The van der Waals surface area contributed by atoms with E-state index >= 15 is 0 Å². The van der Waals surface area contributed by atoms with Crippen LogP contribution < -0.4 is 4.74 Å². The normalized spacial score (nSPS) is 24.9. The van der Waals surface area contributed by atoms with Gasteiger partial charge < -0.3 is 19.5 Å². The Labute approximate surface area is 147 Å². The Morgan fingerprint density at radius 1 is 1.24 bits per heavy atom. The number of fused-ring (bicyclic) bond motifs is 1. The standard InChI is InChI=1S/C20H23NO4/c22-18-6-3-12-25-20(18)8-10-21(11-9-20)19(23)16-7-13-24-17-5-2-1-4-15(17)14-16/h1-2,4-5,7,13-14,18,22H,3,6,8-12H2/t18-/m1/s1. The number of para-hydroxylation sites is 1. The highest BCUT2D eigenvalue weighted by molar-refractivity contribution is 6.01. The number of nitrogens with zero attached hydrogens (tertiary/aromatic N) is 1. The quantitative estimate of drug-likeness (QED) is 0.853. The summed E-state index contributed by atoms with van der Waals surface area (Å²) in [5.74, 6) is 0.745. The molecule has 2 fully saturated rings. The van der Waals surface area contributed by atoms with E-state index in [1.807, 2.05) is 35.2 Å². The molecular weight excluding hydrogens is 318 g/mol. The van der Waals surface area contributed by atoms with Crippen molar-refractivity contribution in [1.29, 1.82) is 0 Å². The highest BCUT2D eigenvalue weighted by Crippen LogP contribution is 2.36. The monoisotopic (exact) mass is 341 g/mol. The van der Waals surface area contributed by atoms with Crippen LogP contribution in [0, 0.1) is 0 Å². The molecule has 3 aliphatic rings. The number of aliphatic hydroxyl groups is 1. The molecule has 3 aliphatic heterocycles. The van der Waals surface area contributed by atoms with Crippen molar-refractivity contribution in [1.82, 2.24) is 4.90 Å². The van der Waals surface area contributed by atoms with Crippen LogP contribution in [0.1, 0.15) is 31.2 Å². The molecule has 132 valence electrons. The van der Waals surface area contributed by atoms with E-state index < -0.39 is 11.7 Å². The minimum absolute atomic E-state index is 0.00305. The molecule has 0 radical (unpaired) electrons. The van der Waals surface area contributed by atoms with Crippen LogP contribution in [-0.2, 0) is 9.53 Å². The van der Waals surface area contributed by atoms with Crippen molar-refractivity contribution >= 4 is 12.0 Å². The Hall–Kier alpha value is -2.11. The van der Waals surface area contributed by atoms with Crippen LogP contribution in [0.5, 0.6) is 5.75 Å². The number of ether oxygens (including phenoxy) is 2. The van der Waals surface area contributed by atoms with Crippen molar-refractivity contribution in [2.45, 2.75) is 37.4 Å². The molecule has 0 unspecified atom stereocenters. The lowest BCUT2D eigenvalue weighted by Crippen LogP contribution is -2.56. The molecule has 1 N–H and O–H groups in total. The Kier molecular flexibility index (Phi) is 4.36. The summed E-state index contributed by atoms with van der Waals surface area (Å²) in [6, 6.07) is 7.66. The van der Waals surface area contributed by atoms with E-state index in [4.69, 9.17) is 9.47 Å². The Morgan fingerprint density at radius 2 is 2.04 bits per heavy atom. The second-order valence-electron chi connectivity index (χ2n) is 6.92. The van der Waals surface area contributed by atoms with E-state index in [9.17, 15) is 9.90 Å². The molecule has 0 saturated carbocycles. The molecular formula is C20H23NO4. The molecule has 0 aliphatic carbocycles. The molecule has 1 aromatic carbocycles. The van der Waals surface area contributed by atoms with Gasteiger partial charge in [0.2, 0.25) is 0 Å². The number of amides is 1. The first-order chi connectivity index (χ1) is 12.2. The van der Waals surface area contributed by atoms with E-state index in [1.165, 1.54) is 0 Å². The number of benzene rings is 1. The first kappa shape index (κ1) is 16.4. The minimum Gasteiger partial charge on any atom is -0.464 e. The zero-order chi connectivity index (χ0) is 17.3. The summed E-state index contributed by atoms with van der Waals surface area (Å²) in [5, 5.41) is 10.3. The maximum Gasteiger partial charge on any atom is 0.253 e. The molecule has 25 heavy (non-hydrogen) atoms. The van der Waals surface area contributed by atoms with Crippen LogP contribution in [-0.4, -0.2) is 47.3 Å². The molecule has 1 amide bonds. The number of carbonyl (C=O) groups is 1. The minimum atomic E-state index is -0.460. The van der Waals surface area contributed by atoms with Gasteiger partial charge in [-0.3, -0.25) is 4.79 Å². The lowest BCUT2D eigenvalue weighted by molar-refractivity contribution is -0.178. The molecule has 5 heteroatoms. The van der Waals surface area contributed by atoms with E-state index in [0.717, 1.165) is 24.2 Å². The molecule has 2 saturated heterocycles. The number of aliphatic hydroxyl groups excluding tert-OH is 1. The fraction of sp³-hybridized carbons (Fsp3) is 0.450. The summed E-state index contributed by atoms with van der Waals surface area (Å²) in [5.41, 5.74) is 1.06. The Morgan fingerprint density at radius 3 is 2.84 bits per heavy atom. The second kappa shape index (κ2) is 6.65. The first-order valence-corrected chi connectivity index (χ1v) is 8.93. The summed E-state index contributed by atoms with van der Waals surface area (Å²) in [6.07, 6.45) is 7.80. The number of hydrogen-bond donors (Lipinski definition) is 1. The fourth-order valence-electron chi connectivity index (χ4n) is 3.90. The van der Waals surface area contributed by atoms with Crippen LogP contribution in [0.25, 0.3) is 6.08 Å². The van der Waals surface area contributed by atoms with Gasteiger partial charge in [0, 0.05) is 30.8 Å². The topological polar surface area (TPSA) is 59.0 Å². The third-order valence-corrected chi connectivity index (χ3v) is 5.44. The predicted molar refractivity (Wildman–Crippen MR) is 93.9 cm³/mol. The van der Waals surface area contributed by atoms with Crippen molar-refractivity contribution < 1.29 is 19.4 Å². The van der Waals surface area contributed by atoms with Crippen molar-refractivity contribution in [3.63, 3.8) is 0 Å². The van der Waals surface area contributed by atoms with Crippen molar-refractivity contribution in [3.05, 3.63) is 47.7 Å². The second-order valence-corrected chi connectivity index (χ2v) is 6.92. The zero-order valence-corrected chi connectivity index (χ0v) is 14.2. The van der Waals surface area contributed by atoms with Gasteiger partial charge in [-0.25, -0.2) is 0 Å². The van der Waals surface area contributed by atoms with Gasteiger partial charge in [0.25, 0.3) is 5.91 Å². The average molecular weight is 341 g/mol. The molecule has 0 aromatic heterocycles. The lowest BCUT2D eigenvalue weighted by atomic mass is 9.82. The summed E-state index contributed by atoms with van der Waals surface area (Å²) in [7, 11) is 0. The van der Waals surface area contributed by atoms with Gasteiger partial charge in [-0.05, 0) is 43.9 Å². The zero-order valence-electron chi connectivity index (χ0n) is 14.2. The highest BCUT2D eigenvalue weighted by atomic mass is 16.5. The molecule has 3 heterocycles. The lowest BCUT2D eigenvalue weighted by Gasteiger charge is -2.46. The Bertz CT molecular complexity index is 716. The maximum atomic E-state index is 12.9. The van der Waals surface area contributed by atoms with Gasteiger partial charge in [-0.1, -0.05) is 18.2 Å². The van der Waals surface area contributed by atoms with Crippen LogP contribution in [0.2, 0.25) is 0 Å². The maximum absolute atomic E-state index is 12.9. The van der Waals surface area contributed by atoms with Gasteiger partial charge in [0.15, 0.2) is 0 Å². The average Bonchev–Trinajstić information content (AvgIpc) is 2.87. The number of likely N-dealkylation sites (tertiary alicyclic amines) is 1. The number of rotatable bonds is 1. The van der Waals surface area contributed by atoms with E-state index in [-0.39, 0.29) is 5.91 Å². The van der Waals surface area contributed by atoms with Crippen molar-refractivity contribution in [3.8, 4) is 5.75 Å². The SMILES string of the molecule is O=C(C1=Cc2ccccc2OC=C1)N1CCC2(CC1)OCCC[C@H]2O. The molecule has 5 nitrogen and oxygen atoms in total. The smallest absolute Gasteiger partial charge is 0.253 e. The predicted octanol–water partition coefficient (Wildman–Crippen LogP) is 2.51. The molecule has 4 rings (SSSR count).